The van der Waals surface area contributed by atoms with E-state index in [4.69, 9.17) is 8.83 Å². The number of benzene rings is 4. The van der Waals surface area contributed by atoms with Crippen molar-refractivity contribution in [2.45, 2.75) is 0 Å². The molecule has 0 aliphatic rings. The molecular weight excluding hydrogens is 360 g/mol. The van der Waals surface area contributed by atoms with E-state index in [1.54, 1.807) is 0 Å². The van der Waals surface area contributed by atoms with Crippen LogP contribution in [0.15, 0.2) is 69.5 Å². The number of anilines is 2. The van der Waals surface area contributed by atoms with Crippen LogP contribution in [0.25, 0.3) is 54.6 Å². The van der Waals surface area contributed by atoms with Crippen molar-refractivity contribution in [3.05, 3.63) is 60.7 Å². The molecule has 0 fully saturated rings. The average molecular weight is 380 g/mol. The topological polar surface area (TPSA) is 41.6 Å². The van der Waals surface area contributed by atoms with Crippen molar-refractivity contribution in [3.63, 3.8) is 0 Å². The number of nitrogens with one attached hydrogen (secondary N) is 1. The van der Waals surface area contributed by atoms with Crippen molar-refractivity contribution in [3.8, 4) is 0 Å². The second-order valence-electron chi connectivity index (χ2n) is 7.78. The summed E-state index contributed by atoms with van der Waals surface area (Å²) in [4.78, 5) is 2.09. The van der Waals surface area contributed by atoms with Gasteiger partial charge in [0.25, 0.3) is 0 Å². The van der Waals surface area contributed by atoms with Crippen molar-refractivity contribution < 1.29 is 8.83 Å². The van der Waals surface area contributed by atoms with Gasteiger partial charge >= 0.3 is 0 Å². The summed E-state index contributed by atoms with van der Waals surface area (Å²) in [5.41, 5.74) is 5.80. The molecule has 0 spiro atoms. The molecule has 0 saturated heterocycles. The molecule has 1 N–H and O–H groups in total. The van der Waals surface area contributed by atoms with Crippen LogP contribution in [0.1, 0.15) is 0 Å². The number of rotatable bonds is 2. The molecule has 29 heavy (non-hydrogen) atoms. The predicted molar refractivity (Wildman–Crippen MR) is 122 cm³/mol. The highest BCUT2D eigenvalue weighted by molar-refractivity contribution is 6.15. The van der Waals surface area contributed by atoms with Crippen molar-refractivity contribution in [1.29, 1.82) is 0 Å². The van der Waals surface area contributed by atoms with Gasteiger partial charge in [0, 0.05) is 66.2 Å². The Kier molecular flexibility index (Phi) is 3.19. The molecule has 4 aromatic carbocycles. The molecule has 142 valence electrons. The van der Waals surface area contributed by atoms with Gasteiger partial charge in [-0.15, -0.1) is 0 Å². The summed E-state index contributed by atoms with van der Waals surface area (Å²) in [6.45, 7) is 0. The second-order valence-corrected chi connectivity index (χ2v) is 7.78. The Bertz CT molecular complexity index is 1570. The maximum atomic E-state index is 6.20. The number of furan rings is 2. The van der Waals surface area contributed by atoms with Crippen molar-refractivity contribution >= 4 is 66.0 Å². The van der Waals surface area contributed by atoms with Crippen LogP contribution in [0.2, 0.25) is 0 Å². The SMILES string of the molecule is CNc1ccc2c(c1)oc1cc3cc4c(cc3cc12)oc1cc(N(C)C)ccc14. The molecule has 0 unspecified atom stereocenters. The van der Waals surface area contributed by atoms with Gasteiger partial charge in [-0.2, -0.15) is 0 Å². The van der Waals surface area contributed by atoms with Gasteiger partial charge in [-0.25, -0.2) is 0 Å². The summed E-state index contributed by atoms with van der Waals surface area (Å²) in [7, 11) is 5.99. The van der Waals surface area contributed by atoms with Gasteiger partial charge in [-0.3, -0.25) is 0 Å². The van der Waals surface area contributed by atoms with Gasteiger partial charge in [0.15, 0.2) is 0 Å². The molecule has 0 saturated carbocycles. The van der Waals surface area contributed by atoms with E-state index in [0.29, 0.717) is 0 Å². The summed E-state index contributed by atoms with van der Waals surface area (Å²) in [5.74, 6) is 0. The van der Waals surface area contributed by atoms with Gasteiger partial charge in [-0.1, -0.05) is 0 Å². The summed E-state index contributed by atoms with van der Waals surface area (Å²) >= 11 is 0. The van der Waals surface area contributed by atoms with E-state index in [1.807, 2.05) is 27.2 Å². The van der Waals surface area contributed by atoms with Crippen molar-refractivity contribution in [2.24, 2.45) is 0 Å². The average Bonchev–Trinajstić information content (AvgIpc) is 3.26. The summed E-state index contributed by atoms with van der Waals surface area (Å²) in [5, 5.41) is 9.98. The third-order valence-electron chi connectivity index (χ3n) is 5.81. The Balaban J connectivity index is 1.64. The van der Waals surface area contributed by atoms with Crippen LogP contribution >= 0.6 is 0 Å². The van der Waals surface area contributed by atoms with Crippen LogP contribution in [0, 0.1) is 0 Å². The minimum Gasteiger partial charge on any atom is -0.456 e. The molecule has 0 radical (unpaired) electrons. The predicted octanol–water partition coefficient (Wildman–Crippen LogP) is 6.75. The fourth-order valence-electron chi connectivity index (χ4n) is 4.22. The van der Waals surface area contributed by atoms with Gasteiger partial charge in [0.1, 0.15) is 22.3 Å². The van der Waals surface area contributed by atoms with Gasteiger partial charge in [0.2, 0.25) is 0 Å². The van der Waals surface area contributed by atoms with Crippen LogP contribution in [0.4, 0.5) is 11.4 Å². The molecule has 4 nitrogen and oxygen atoms in total. The zero-order valence-electron chi connectivity index (χ0n) is 16.5. The number of hydrogen-bond acceptors (Lipinski definition) is 4. The largest absolute Gasteiger partial charge is 0.456 e. The standard InChI is InChI=1S/C25H20N2O2/c1-26-16-4-6-18-20-8-14-11-23-21(9-15(14)10-22(20)28-24(18)12-16)19-7-5-17(27(2)3)13-25(19)29-23/h4-13,26H,1-3H3. The normalized spacial score (nSPS) is 12.0. The minimum atomic E-state index is 0.896. The molecule has 0 aliphatic heterocycles. The van der Waals surface area contributed by atoms with Gasteiger partial charge in [0.05, 0.1) is 0 Å². The van der Waals surface area contributed by atoms with Crippen LogP contribution in [0.3, 0.4) is 0 Å². The molecule has 6 aromatic rings. The van der Waals surface area contributed by atoms with Gasteiger partial charge in [-0.05, 0) is 59.3 Å². The molecular formula is C25H20N2O2. The zero-order valence-corrected chi connectivity index (χ0v) is 16.5. The first-order chi connectivity index (χ1) is 14.1. The Morgan fingerprint density at radius 3 is 1.76 bits per heavy atom. The Morgan fingerprint density at radius 2 is 1.17 bits per heavy atom. The quantitative estimate of drug-likeness (QED) is 0.361. The Morgan fingerprint density at radius 1 is 0.621 bits per heavy atom. The fraction of sp³-hybridized carbons (Fsp3) is 0.120. The molecule has 6 rings (SSSR count). The maximum Gasteiger partial charge on any atom is 0.137 e. The summed E-state index contributed by atoms with van der Waals surface area (Å²) in [6, 6.07) is 21.3. The number of hydrogen-bond donors (Lipinski definition) is 1. The zero-order chi connectivity index (χ0) is 19.7. The Hall–Kier alpha value is -3.66. The molecule has 0 aliphatic carbocycles. The number of fused-ring (bicyclic) bond motifs is 7. The summed E-state index contributed by atoms with van der Waals surface area (Å²) in [6.07, 6.45) is 0. The van der Waals surface area contributed by atoms with E-state index in [1.165, 1.54) is 0 Å². The third kappa shape index (κ3) is 2.32. The monoisotopic (exact) mass is 380 g/mol. The van der Waals surface area contributed by atoms with Crippen LogP contribution in [-0.2, 0) is 0 Å². The van der Waals surface area contributed by atoms with Crippen molar-refractivity contribution in [2.75, 3.05) is 31.4 Å². The van der Waals surface area contributed by atoms with E-state index in [9.17, 15) is 0 Å². The van der Waals surface area contributed by atoms with Crippen LogP contribution in [0.5, 0.6) is 0 Å². The van der Waals surface area contributed by atoms with Crippen LogP contribution < -0.4 is 10.2 Å². The first-order valence-electron chi connectivity index (χ1n) is 9.72. The lowest BCUT2D eigenvalue weighted by molar-refractivity contribution is 0.668. The third-order valence-corrected chi connectivity index (χ3v) is 5.81. The van der Waals surface area contributed by atoms with E-state index in [-0.39, 0.29) is 0 Å². The van der Waals surface area contributed by atoms with Gasteiger partial charge < -0.3 is 19.1 Å². The van der Waals surface area contributed by atoms with E-state index in [0.717, 1.165) is 66.0 Å². The molecule has 0 bridgehead atoms. The molecule has 0 atom stereocenters. The molecule has 0 amide bonds. The van der Waals surface area contributed by atoms with E-state index < -0.39 is 0 Å². The fourth-order valence-corrected chi connectivity index (χ4v) is 4.22. The molecule has 2 aromatic heterocycles. The smallest absolute Gasteiger partial charge is 0.137 e. The van der Waals surface area contributed by atoms with Crippen LogP contribution in [-0.4, -0.2) is 21.1 Å². The minimum absolute atomic E-state index is 0.896. The lowest BCUT2D eigenvalue weighted by Gasteiger charge is -2.11. The van der Waals surface area contributed by atoms with E-state index in [2.05, 4.69) is 64.8 Å². The molecule has 4 heteroatoms. The number of nitrogens with zero attached hydrogens (tertiary/aromatic N) is 1. The first kappa shape index (κ1) is 16.3. The highest BCUT2D eigenvalue weighted by atomic mass is 16.3. The highest BCUT2D eigenvalue weighted by Crippen LogP contribution is 2.37. The second kappa shape index (κ2) is 5.67. The van der Waals surface area contributed by atoms with E-state index >= 15 is 0 Å². The lowest BCUT2D eigenvalue weighted by atomic mass is 10.0. The lowest BCUT2D eigenvalue weighted by Crippen LogP contribution is -2.07. The maximum absolute atomic E-state index is 6.20. The Labute approximate surface area is 167 Å². The molecule has 2 heterocycles. The highest BCUT2D eigenvalue weighted by Gasteiger charge is 2.13. The summed E-state index contributed by atoms with van der Waals surface area (Å²) < 4.78 is 12.4. The van der Waals surface area contributed by atoms with Crippen molar-refractivity contribution in [1.82, 2.24) is 0 Å². The first-order valence-corrected chi connectivity index (χ1v) is 9.72.